The molecule has 0 bridgehead atoms. The third kappa shape index (κ3) is 3.96. The molecule has 1 unspecified atom stereocenters. The summed E-state index contributed by atoms with van der Waals surface area (Å²) in [5.41, 5.74) is 5.11. The molecule has 0 radical (unpaired) electrons. The van der Waals surface area contributed by atoms with E-state index in [4.69, 9.17) is 5.11 Å². The van der Waals surface area contributed by atoms with Crippen molar-refractivity contribution in [1.82, 2.24) is 9.88 Å². The lowest BCUT2D eigenvalue weighted by atomic mass is 10.1. The van der Waals surface area contributed by atoms with Gasteiger partial charge in [-0.2, -0.15) is 0 Å². The highest BCUT2D eigenvalue weighted by Gasteiger charge is 2.11. The van der Waals surface area contributed by atoms with Gasteiger partial charge in [-0.25, -0.2) is 0 Å². The zero-order chi connectivity index (χ0) is 15.2. The van der Waals surface area contributed by atoms with Crippen LogP contribution in [0, 0.1) is 13.8 Å². The maximum Gasteiger partial charge on any atom is 0.0455 e. The molecule has 0 saturated carbocycles. The first-order valence-electron chi connectivity index (χ1n) is 7.71. The Bertz CT molecular complexity index is 560. The number of benzene rings is 1. The molecule has 21 heavy (non-hydrogen) atoms. The van der Waals surface area contributed by atoms with Crippen LogP contribution in [0.15, 0.2) is 36.4 Å². The van der Waals surface area contributed by atoms with E-state index in [0.717, 1.165) is 19.4 Å². The van der Waals surface area contributed by atoms with E-state index in [0.29, 0.717) is 6.04 Å². The van der Waals surface area contributed by atoms with Gasteiger partial charge in [0.25, 0.3) is 0 Å². The van der Waals surface area contributed by atoms with Crippen molar-refractivity contribution in [3.05, 3.63) is 53.3 Å². The van der Waals surface area contributed by atoms with Crippen molar-refractivity contribution in [2.75, 3.05) is 6.61 Å². The Morgan fingerprint density at radius 3 is 2.57 bits per heavy atom. The van der Waals surface area contributed by atoms with Gasteiger partial charge in [-0.15, -0.1) is 0 Å². The largest absolute Gasteiger partial charge is 0.396 e. The third-order valence-electron chi connectivity index (χ3n) is 3.99. The molecular weight excluding hydrogens is 260 g/mol. The van der Waals surface area contributed by atoms with E-state index >= 15 is 0 Å². The van der Waals surface area contributed by atoms with Gasteiger partial charge in [-0.05, 0) is 57.4 Å². The summed E-state index contributed by atoms with van der Waals surface area (Å²) >= 11 is 0. The normalized spacial score (nSPS) is 12.6. The van der Waals surface area contributed by atoms with Crippen molar-refractivity contribution in [3.63, 3.8) is 0 Å². The molecule has 2 aromatic rings. The van der Waals surface area contributed by atoms with Gasteiger partial charge in [-0.1, -0.05) is 18.2 Å². The number of aromatic nitrogens is 1. The van der Waals surface area contributed by atoms with E-state index in [1.807, 2.05) is 6.07 Å². The molecule has 114 valence electrons. The molecule has 1 heterocycles. The van der Waals surface area contributed by atoms with Crippen molar-refractivity contribution in [3.8, 4) is 5.69 Å². The molecule has 1 aromatic carbocycles. The summed E-state index contributed by atoms with van der Waals surface area (Å²) in [5, 5.41) is 12.4. The van der Waals surface area contributed by atoms with Crippen molar-refractivity contribution in [2.45, 2.75) is 46.2 Å². The number of para-hydroxylation sites is 1. The van der Waals surface area contributed by atoms with E-state index in [1.54, 1.807) is 0 Å². The van der Waals surface area contributed by atoms with Crippen molar-refractivity contribution >= 4 is 0 Å². The smallest absolute Gasteiger partial charge is 0.0455 e. The minimum absolute atomic E-state index is 0.272. The maximum absolute atomic E-state index is 8.88. The minimum atomic E-state index is 0.272. The summed E-state index contributed by atoms with van der Waals surface area (Å²) in [5.74, 6) is 0. The van der Waals surface area contributed by atoms with E-state index in [9.17, 15) is 0 Å². The van der Waals surface area contributed by atoms with Crippen LogP contribution >= 0.6 is 0 Å². The number of aryl methyl sites for hydroxylation is 1. The van der Waals surface area contributed by atoms with Gasteiger partial charge >= 0.3 is 0 Å². The van der Waals surface area contributed by atoms with Crippen LogP contribution in [-0.2, 0) is 6.54 Å². The molecule has 3 heteroatoms. The van der Waals surface area contributed by atoms with E-state index in [1.165, 1.54) is 22.6 Å². The Morgan fingerprint density at radius 1 is 1.19 bits per heavy atom. The highest BCUT2D eigenvalue weighted by Crippen LogP contribution is 2.20. The van der Waals surface area contributed by atoms with Crippen LogP contribution in [0.25, 0.3) is 5.69 Å². The lowest BCUT2D eigenvalue weighted by Crippen LogP contribution is -2.25. The Balaban J connectivity index is 2.09. The standard InChI is InChI=1S/C18H26N2O/c1-14(8-7-11-21)19-13-17-12-15(2)20(16(17)3)18-9-5-4-6-10-18/h4-6,9-10,12,14,19,21H,7-8,11,13H2,1-3H3. The highest BCUT2D eigenvalue weighted by molar-refractivity contribution is 5.40. The molecule has 0 fully saturated rings. The van der Waals surface area contributed by atoms with Crippen LogP contribution in [0.2, 0.25) is 0 Å². The summed E-state index contributed by atoms with van der Waals surface area (Å²) < 4.78 is 2.30. The molecule has 0 aliphatic rings. The predicted molar refractivity (Wildman–Crippen MR) is 87.9 cm³/mol. The van der Waals surface area contributed by atoms with Gasteiger partial charge in [0, 0.05) is 36.3 Å². The molecule has 0 amide bonds. The number of nitrogens with one attached hydrogen (secondary N) is 1. The van der Waals surface area contributed by atoms with Crippen molar-refractivity contribution in [2.24, 2.45) is 0 Å². The second-order valence-electron chi connectivity index (χ2n) is 5.72. The fraction of sp³-hybridized carbons (Fsp3) is 0.444. The van der Waals surface area contributed by atoms with E-state index < -0.39 is 0 Å². The first-order chi connectivity index (χ1) is 10.1. The molecule has 0 aliphatic heterocycles. The molecular formula is C18H26N2O. The van der Waals surface area contributed by atoms with E-state index in [2.05, 4.69) is 61.0 Å². The summed E-state index contributed by atoms with van der Waals surface area (Å²) in [7, 11) is 0. The summed E-state index contributed by atoms with van der Waals surface area (Å²) in [4.78, 5) is 0. The fourth-order valence-corrected chi connectivity index (χ4v) is 2.77. The number of aliphatic hydroxyl groups excluding tert-OH is 1. The zero-order valence-corrected chi connectivity index (χ0v) is 13.3. The van der Waals surface area contributed by atoms with Crippen LogP contribution < -0.4 is 5.32 Å². The first-order valence-corrected chi connectivity index (χ1v) is 7.71. The van der Waals surface area contributed by atoms with Crippen LogP contribution in [-0.4, -0.2) is 22.3 Å². The topological polar surface area (TPSA) is 37.2 Å². The van der Waals surface area contributed by atoms with Gasteiger partial charge in [0.15, 0.2) is 0 Å². The monoisotopic (exact) mass is 286 g/mol. The summed E-state index contributed by atoms with van der Waals surface area (Å²) in [6, 6.07) is 13.2. The number of hydrogen-bond acceptors (Lipinski definition) is 2. The average molecular weight is 286 g/mol. The Kier molecular flexibility index (Phi) is 5.59. The lowest BCUT2D eigenvalue weighted by Gasteiger charge is -2.14. The number of aliphatic hydroxyl groups is 1. The SMILES string of the molecule is Cc1cc(CNC(C)CCCO)c(C)n1-c1ccccc1. The van der Waals surface area contributed by atoms with Crippen LogP contribution in [0.3, 0.4) is 0 Å². The van der Waals surface area contributed by atoms with Gasteiger partial charge in [-0.3, -0.25) is 0 Å². The molecule has 1 atom stereocenters. The zero-order valence-electron chi connectivity index (χ0n) is 13.3. The van der Waals surface area contributed by atoms with Crippen molar-refractivity contribution < 1.29 is 5.11 Å². The van der Waals surface area contributed by atoms with E-state index in [-0.39, 0.29) is 6.61 Å². The lowest BCUT2D eigenvalue weighted by molar-refractivity contribution is 0.276. The fourth-order valence-electron chi connectivity index (χ4n) is 2.77. The molecule has 3 nitrogen and oxygen atoms in total. The number of nitrogens with zero attached hydrogens (tertiary/aromatic N) is 1. The third-order valence-corrected chi connectivity index (χ3v) is 3.99. The molecule has 1 aromatic heterocycles. The minimum Gasteiger partial charge on any atom is -0.396 e. The Labute approximate surface area is 127 Å². The van der Waals surface area contributed by atoms with Gasteiger partial charge in [0.2, 0.25) is 0 Å². The van der Waals surface area contributed by atoms with Gasteiger partial charge in [0.05, 0.1) is 0 Å². The Hall–Kier alpha value is -1.58. The van der Waals surface area contributed by atoms with Crippen molar-refractivity contribution in [1.29, 1.82) is 0 Å². The van der Waals surface area contributed by atoms with Crippen LogP contribution in [0.1, 0.15) is 36.7 Å². The first kappa shape index (κ1) is 15.8. The quantitative estimate of drug-likeness (QED) is 0.819. The predicted octanol–water partition coefficient (Wildman–Crippen LogP) is 3.34. The molecule has 0 aliphatic carbocycles. The maximum atomic E-state index is 8.88. The van der Waals surface area contributed by atoms with Gasteiger partial charge in [0.1, 0.15) is 0 Å². The number of hydrogen-bond donors (Lipinski definition) is 2. The van der Waals surface area contributed by atoms with Crippen LogP contribution in [0.4, 0.5) is 0 Å². The second kappa shape index (κ2) is 7.43. The molecule has 0 spiro atoms. The Morgan fingerprint density at radius 2 is 1.90 bits per heavy atom. The number of rotatable bonds is 7. The molecule has 2 rings (SSSR count). The average Bonchev–Trinajstić information content (AvgIpc) is 2.78. The second-order valence-corrected chi connectivity index (χ2v) is 5.72. The molecule has 0 saturated heterocycles. The van der Waals surface area contributed by atoms with Gasteiger partial charge < -0.3 is 15.0 Å². The summed E-state index contributed by atoms with van der Waals surface area (Å²) in [6.45, 7) is 7.65. The highest BCUT2D eigenvalue weighted by atomic mass is 16.2. The van der Waals surface area contributed by atoms with Crippen LogP contribution in [0.5, 0.6) is 0 Å². The summed E-state index contributed by atoms with van der Waals surface area (Å²) in [6.07, 6.45) is 1.87. The molecule has 2 N–H and O–H groups in total.